The quantitative estimate of drug-likeness (QED) is 0.764. The molecule has 8 nitrogen and oxygen atoms in total. The number of nitrogens with zero attached hydrogens (tertiary/aromatic N) is 4. The van der Waals surface area contributed by atoms with Crippen molar-refractivity contribution in [1.82, 2.24) is 14.9 Å². The molecule has 1 atom stereocenters. The van der Waals surface area contributed by atoms with E-state index in [1.807, 2.05) is 43.9 Å². The van der Waals surface area contributed by atoms with Crippen LogP contribution in [-0.4, -0.2) is 76.5 Å². The molecule has 0 aliphatic carbocycles. The van der Waals surface area contributed by atoms with Crippen LogP contribution in [0.4, 0.5) is 5.95 Å². The maximum absolute atomic E-state index is 13.1. The van der Waals surface area contributed by atoms with Crippen molar-refractivity contribution in [2.45, 2.75) is 51.4 Å². The van der Waals surface area contributed by atoms with Gasteiger partial charge in [-0.15, -0.1) is 0 Å². The highest BCUT2D eigenvalue weighted by atomic mass is 16.5. The highest BCUT2D eigenvalue weighted by molar-refractivity contribution is 5.94. The molecule has 8 heteroatoms. The Balaban J connectivity index is 1.43. The SMILES string of the molecule is Cc1cc(C(=O)N2CCC3(CC2)CN(c2ncccn2)CC(CO)O3)ccc1OC(C)C. The molecule has 1 amide bonds. The van der Waals surface area contributed by atoms with E-state index >= 15 is 0 Å². The van der Waals surface area contributed by atoms with Crippen LogP contribution in [0.5, 0.6) is 5.75 Å². The number of aromatic nitrogens is 2. The molecule has 1 aromatic heterocycles. The van der Waals surface area contributed by atoms with Gasteiger partial charge in [-0.2, -0.15) is 0 Å². The molecule has 1 spiro atoms. The second-order valence-electron chi connectivity index (χ2n) is 8.97. The van der Waals surface area contributed by atoms with Gasteiger partial charge in [0.25, 0.3) is 5.91 Å². The zero-order chi connectivity index (χ0) is 22.7. The minimum Gasteiger partial charge on any atom is -0.491 e. The van der Waals surface area contributed by atoms with Crippen LogP contribution in [0.1, 0.15) is 42.6 Å². The second-order valence-corrected chi connectivity index (χ2v) is 8.97. The fraction of sp³-hybridized carbons (Fsp3) is 0.542. The molecule has 0 saturated carbocycles. The zero-order valence-electron chi connectivity index (χ0n) is 19.0. The van der Waals surface area contributed by atoms with Crippen molar-refractivity contribution in [2.75, 3.05) is 37.7 Å². The Hall–Kier alpha value is -2.71. The molecule has 2 fully saturated rings. The van der Waals surface area contributed by atoms with E-state index in [4.69, 9.17) is 9.47 Å². The molecule has 172 valence electrons. The van der Waals surface area contributed by atoms with Gasteiger partial charge in [0.15, 0.2) is 0 Å². The smallest absolute Gasteiger partial charge is 0.253 e. The molecule has 4 rings (SSSR count). The van der Waals surface area contributed by atoms with Crippen molar-refractivity contribution >= 4 is 11.9 Å². The van der Waals surface area contributed by atoms with Crippen molar-refractivity contribution in [1.29, 1.82) is 0 Å². The van der Waals surface area contributed by atoms with Crippen LogP contribution in [-0.2, 0) is 4.74 Å². The van der Waals surface area contributed by atoms with Crippen molar-refractivity contribution in [3.63, 3.8) is 0 Å². The van der Waals surface area contributed by atoms with Gasteiger partial charge in [-0.1, -0.05) is 0 Å². The van der Waals surface area contributed by atoms with E-state index in [0.717, 1.165) is 11.3 Å². The lowest BCUT2D eigenvalue weighted by Gasteiger charge is -2.49. The Morgan fingerprint density at radius 1 is 1.28 bits per heavy atom. The van der Waals surface area contributed by atoms with Crippen molar-refractivity contribution < 1.29 is 19.4 Å². The number of aliphatic hydroxyl groups is 1. The minimum atomic E-state index is -0.424. The number of aryl methyl sites for hydroxylation is 1. The summed E-state index contributed by atoms with van der Waals surface area (Å²) in [5, 5.41) is 9.79. The van der Waals surface area contributed by atoms with Crippen LogP contribution < -0.4 is 9.64 Å². The summed E-state index contributed by atoms with van der Waals surface area (Å²) in [7, 11) is 0. The molecule has 0 bridgehead atoms. The number of hydrogen-bond donors (Lipinski definition) is 1. The average molecular weight is 441 g/mol. The maximum Gasteiger partial charge on any atom is 0.253 e. The van der Waals surface area contributed by atoms with Crippen LogP contribution >= 0.6 is 0 Å². The summed E-state index contributed by atoms with van der Waals surface area (Å²) in [6.07, 6.45) is 4.63. The number of ether oxygens (including phenoxy) is 2. The van der Waals surface area contributed by atoms with E-state index in [1.165, 1.54) is 0 Å². The molecular formula is C24H32N4O4. The van der Waals surface area contributed by atoms with Gasteiger partial charge in [-0.3, -0.25) is 4.79 Å². The number of rotatable bonds is 5. The molecule has 2 aliphatic heterocycles. The molecule has 32 heavy (non-hydrogen) atoms. The zero-order valence-corrected chi connectivity index (χ0v) is 19.0. The third-order valence-electron chi connectivity index (χ3n) is 6.10. The van der Waals surface area contributed by atoms with Gasteiger partial charge >= 0.3 is 0 Å². The lowest BCUT2D eigenvalue weighted by atomic mass is 9.88. The highest BCUT2D eigenvalue weighted by Gasteiger charge is 2.44. The molecule has 0 radical (unpaired) electrons. The lowest BCUT2D eigenvalue weighted by Crippen LogP contribution is -2.61. The van der Waals surface area contributed by atoms with Crippen LogP contribution in [0.25, 0.3) is 0 Å². The van der Waals surface area contributed by atoms with Gasteiger partial charge in [0.05, 0.1) is 31.0 Å². The highest BCUT2D eigenvalue weighted by Crippen LogP contribution is 2.34. The van der Waals surface area contributed by atoms with E-state index in [2.05, 4.69) is 14.9 Å². The first-order valence-electron chi connectivity index (χ1n) is 11.3. The number of carbonyl (C=O) groups excluding carboxylic acids is 1. The number of likely N-dealkylation sites (tertiary alicyclic amines) is 1. The normalized spacial score (nSPS) is 20.6. The van der Waals surface area contributed by atoms with Gasteiger partial charge in [0.2, 0.25) is 5.95 Å². The van der Waals surface area contributed by atoms with Crippen LogP contribution in [0, 0.1) is 6.92 Å². The van der Waals surface area contributed by atoms with Crippen LogP contribution in [0.2, 0.25) is 0 Å². The number of piperidine rings is 1. The first-order chi connectivity index (χ1) is 15.4. The van der Waals surface area contributed by atoms with E-state index in [9.17, 15) is 9.90 Å². The van der Waals surface area contributed by atoms with E-state index < -0.39 is 5.60 Å². The Morgan fingerprint density at radius 3 is 2.62 bits per heavy atom. The van der Waals surface area contributed by atoms with Crippen LogP contribution in [0.3, 0.4) is 0 Å². The number of aliphatic hydroxyl groups excluding tert-OH is 1. The second kappa shape index (κ2) is 9.42. The molecule has 2 aromatic rings. The average Bonchev–Trinajstić information content (AvgIpc) is 2.80. The number of anilines is 1. The minimum absolute atomic E-state index is 0.0248. The van der Waals surface area contributed by atoms with Gasteiger partial charge < -0.3 is 24.4 Å². The van der Waals surface area contributed by atoms with E-state index in [0.29, 0.717) is 50.5 Å². The summed E-state index contributed by atoms with van der Waals surface area (Å²) in [5.41, 5.74) is 1.21. The van der Waals surface area contributed by atoms with Crippen molar-refractivity contribution in [3.8, 4) is 5.75 Å². The molecule has 1 aromatic carbocycles. The Labute approximate surface area is 189 Å². The third kappa shape index (κ3) is 4.86. The molecule has 2 saturated heterocycles. The predicted octanol–water partition coefficient (Wildman–Crippen LogP) is 2.44. The van der Waals surface area contributed by atoms with E-state index in [-0.39, 0.29) is 24.7 Å². The monoisotopic (exact) mass is 440 g/mol. The molecule has 3 heterocycles. The number of carbonyl (C=O) groups is 1. The molecule has 1 unspecified atom stereocenters. The third-order valence-corrected chi connectivity index (χ3v) is 6.10. The van der Waals surface area contributed by atoms with Gasteiger partial charge in [0, 0.05) is 37.6 Å². The summed E-state index contributed by atoms with van der Waals surface area (Å²) in [4.78, 5) is 25.8. The first kappa shape index (κ1) is 22.5. The molecular weight excluding hydrogens is 408 g/mol. The Bertz CT molecular complexity index is 929. The summed E-state index contributed by atoms with van der Waals surface area (Å²) in [5.74, 6) is 1.48. The standard InChI is InChI=1S/C24H32N4O4/c1-17(2)31-21-6-5-19(13-18(21)3)22(30)27-11-7-24(8-12-27)16-28(14-20(15-29)32-24)23-25-9-4-10-26-23/h4-6,9-10,13,17,20,29H,7-8,11-12,14-16H2,1-3H3. The van der Waals surface area contributed by atoms with E-state index in [1.54, 1.807) is 18.5 Å². The summed E-state index contributed by atoms with van der Waals surface area (Å²) < 4.78 is 12.1. The molecule has 1 N–H and O–H groups in total. The van der Waals surface area contributed by atoms with Gasteiger partial charge in [-0.25, -0.2) is 9.97 Å². The van der Waals surface area contributed by atoms with Gasteiger partial charge in [-0.05, 0) is 63.4 Å². The topological polar surface area (TPSA) is 88.0 Å². The largest absolute Gasteiger partial charge is 0.491 e. The number of amides is 1. The fourth-order valence-corrected chi connectivity index (χ4v) is 4.53. The Kier molecular flexibility index (Phi) is 6.62. The number of hydrogen-bond acceptors (Lipinski definition) is 7. The fourth-order valence-electron chi connectivity index (χ4n) is 4.53. The Morgan fingerprint density at radius 2 is 2.00 bits per heavy atom. The van der Waals surface area contributed by atoms with Crippen molar-refractivity contribution in [3.05, 3.63) is 47.8 Å². The maximum atomic E-state index is 13.1. The first-order valence-corrected chi connectivity index (χ1v) is 11.3. The number of morpholine rings is 1. The van der Waals surface area contributed by atoms with Gasteiger partial charge in [0.1, 0.15) is 5.75 Å². The number of benzene rings is 1. The summed E-state index contributed by atoms with van der Waals surface area (Å²) in [6, 6.07) is 7.40. The lowest BCUT2D eigenvalue weighted by molar-refractivity contribution is -0.141. The van der Waals surface area contributed by atoms with Crippen LogP contribution in [0.15, 0.2) is 36.7 Å². The summed E-state index contributed by atoms with van der Waals surface area (Å²) >= 11 is 0. The molecule has 2 aliphatic rings. The predicted molar refractivity (Wildman–Crippen MR) is 121 cm³/mol. The summed E-state index contributed by atoms with van der Waals surface area (Å²) in [6.45, 7) is 8.28. The van der Waals surface area contributed by atoms with Crippen molar-refractivity contribution in [2.24, 2.45) is 0 Å².